The molecule has 0 saturated heterocycles. The number of nitrogen functional groups attached to an aromatic ring is 1. The molecule has 0 aliphatic carbocycles. The first-order valence-corrected chi connectivity index (χ1v) is 11.8. The van der Waals surface area contributed by atoms with Gasteiger partial charge in [-0.05, 0) is 26.0 Å². The fourth-order valence-corrected chi connectivity index (χ4v) is 6.63. The molecule has 32 heavy (non-hydrogen) atoms. The lowest BCUT2D eigenvalue weighted by molar-refractivity contribution is 0.224. The van der Waals surface area contributed by atoms with Crippen LogP contribution in [0.25, 0.3) is 11.1 Å². The van der Waals surface area contributed by atoms with E-state index in [4.69, 9.17) is 10.5 Å². The van der Waals surface area contributed by atoms with E-state index in [-0.39, 0.29) is 12.4 Å². The van der Waals surface area contributed by atoms with Gasteiger partial charge >= 0.3 is 0 Å². The summed E-state index contributed by atoms with van der Waals surface area (Å²) in [6.07, 6.45) is 1.17. The summed E-state index contributed by atoms with van der Waals surface area (Å²) in [6, 6.07) is 9.82. The van der Waals surface area contributed by atoms with Crippen LogP contribution in [-0.4, -0.2) is 36.4 Å². The monoisotopic (exact) mass is 449 g/mol. The topological polar surface area (TPSA) is 122 Å². The third-order valence-corrected chi connectivity index (χ3v) is 8.37. The number of ether oxygens (including phenoxy) is 1. The van der Waals surface area contributed by atoms with E-state index in [9.17, 15) is 9.47 Å². The lowest BCUT2D eigenvalue weighted by Gasteiger charge is -2.26. The number of hydrogen-bond donors (Lipinski definition) is 1. The molecular weight excluding hydrogens is 426 g/mol. The number of nitrogens with two attached hydrogens (primary N) is 1. The molecule has 0 fully saturated rings. The molecule has 0 saturated carbocycles. The molecule has 4 heterocycles. The second kappa shape index (κ2) is 7.32. The van der Waals surface area contributed by atoms with Gasteiger partial charge in [-0.15, -0.1) is 0 Å². The first kappa shape index (κ1) is 20.5. The highest BCUT2D eigenvalue weighted by Gasteiger charge is 2.33. The minimum Gasteiger partial charge on any atom is -0.482 e. The van der Waals surface area contributed by atoms with Gasteiger partial charge in [-0.3, -0.25) is 4.68 Å². The zero-order chi connectivity index (χ0) is 22.6. The zero-order valence-corrected chi connectivity index (χ0v) is 18.9. The highest BCUT2D eigenvalue weighted by molar-refractivity contribution is 7.91. The van der Waals surface area contributed by atoms with Crippen molar-refractivity contribution in [2.75, 3.05) is 18.8 Å². The van der Waals surface area contributed by atoms with Crippen LogP contribution in [0.5, 0.6) is 5.75 Å². The van der Waals surface area contributed by atoms with Crippen molar-refractivity contribution in [1.82, 2.24) is 19.1 Å². The van der Waals surface area contributed by atoms with Crippen LogP contribution in [0.15, 0.2) is 39.7 Å². The molecule has 0 amide bonds. The van der Waals surface area contributed by atoms with Gasteiger partial charge in [0.15, 0.2) is 11.6 Å². The van der Waals surface area contributed by atoms with Crippen molar-refractivity contribution in [3.63, 3.8) is 0 Å². The average Bonchev–Trinajstić information content (AvgIpc) is 3.28. The van der Waals surface area contributed by atoms with Crippen LogP contribution in [0.2, 0.25) is 0 Å². The molecule has 2 bridgehead atoms. The van der Waals surface area contributed by atoms with Crippen LogP contribution >= 0.6 is 0 Å². The molecule has 0 radical (unpaired) electrons. The minimum absolute atomic E-state index is 0.243. The van der Waals surface area contributed by atoms with Gasteiger partial charge in [-0.1, -0.05) is 17.7 Å². The van der Waals surface area contributed by atoms with E-state index in [1.165, 1.54) is 4.68 Å². The summed E-state index contributed by atoms with van der Waals surface area (Å²) >= 11 is 0. The summed E-state index contributed by atoms with van der Waals surface area (Å²) in [7, 11) is -1.16. The standard InChI is InChI=1S/C22H23N7O2S/c1-13-4-5-20-16(8-13)14(2)31-19-9-15(11-25-22(19)24)21-17(27-28(3)18(21)10-23)12-29-7-6-26-32(20,29)30/h4-5,8-9,11,14H,6-7,12H2,1-3H3,(H2,24,25)/t14-,32?/m1/s1. The van der Waals surface area contributed by atoms with Gasteiger partial charge in [0.05, 0.1) is 23.7 Å². The van der Waals surface area contributed by atoms with Crippen molar-refractivity contribution in [2.24, 2.45) is 11.4 Å². The number of nitriles is 1. The highest BCUT2D eigenvalue weighted by atomic mass is 32.2. The van der Waals surface area contributed by atoms with E-state index in [0.29, 0.717) is 46.2 Å². The molecule has 2 aliphatic rings. The van der Waals surface area contributed by atoms with Gasteiger partial charge in [0.1, 0.15) is 27.8 Å². The molecule has 1 aromatic carbocycles. The van der Waals surface area contributed by atoms with Crippen molar-refractivity contribution >= 4 is 15.7 Å². The van der Waals surface area contributed by atoms with E-state index >= 15 is 0 Å². The summed E-state index contributed by atoms with van der Waals surface area (Å²) in [6.45, 7) is 5.16. The average molecular weight is 450 g/mol. The Balaban J connectivity index is 1.82. The Morgan fingerprint density at radius 3 is 2.94 bits per heavy atom. The first-order chi connectivity index (χ1) is 15.3. The van der Waals surface area contributed by atoms with Gasteiger partial charge in [0.2, 0.25) is 0 Å². The van der Waals surface area contributed by atoms with E-state index < -0.39 is 16.0 Å². The number of aryl methyl sites for hydroxylation is 2. The van der Waals surface area contributed by atoms with Crippen LogP contribution in [0.4, 0.5) is 5.82 Å². The van der Waals surface area contributed by atoms with Crippen molar-refractivity contribution in [2.45, 2.75) is 31.4 Å². The maximum atomic E-state index is 14.3. The normalized spacial score (nSPS) is 22.2. The molecule has 2 aromatic heterocycles. The molecule has 2 N–H and O–H groups in total. The molecule has 164 valence electrons. The minimum atomic E-state index is -2.88. The molecule has 2 aliphatic heterocycles. The molecular formula is C22H23N7O2S. The Morgan fingerprint density at radius 2 is 2.16 bits per heavy atom. The Hall–Kier alpha value is -3.42. The summed E-state index contributed by atoms with van der Waals surface area (Å²) in [5, 5.41) is 14.4. The summed E-state index contributed by atoms with van der Waals surface area (Å²) in [5.74, 6) is 0.643. The van der Waals surface area contributed by atoms with E-state index in [0.717, 1.165) is 11.1 Å². The largest absolute Gasteiger partial charge is 0.482 e. The van der Waals surface area contributed by atoms with Gasteiger partial charge in [-0.25, -0.2) is 17.9 Å². The Kier molecular flexibility index (Phi) is 4.69. The maximum absolute atomic E-state index is 14.3. The summed E-state index contributed by atoms with van der Waals surface area (Å²) < 4.78 is 28.5. The summed E-state index contributed by atoms with van der Waals surface area (Å²) in [4.78, 5) is 4.95. The number of rotatable bonds is 0. The molecule has 1 unspecified atom stereocenters. The van der Waals surface area contributed by atoms with E-state index in [2.05, 4.69) is 20.5 Å². The van der Waals surface area contributed by atoms with Crippen LogP contribution < -0.4 is 10.5 Å². The summed E-state index contributed by atoms with van der Waals surface area (Å²) in [5.41, 5.74) is 10.3. The molecule has 10 heteroatoms. The van der Waals surface area contributed by atoms with Crippen LogP contribution in [-0.2, 0) is 23.5 Å². The fraction of sp³-hybridized carbons (Fsp3) is 0.318. The predicted molar refractivity (Wildman–Crippen MR) is 120 cm³/mol. The first-order valence-electron chi connectivity index (χ1n) is 10.3. The van der Waals surface area contributed by atoms with Gasteiger partial charge in [0.25, 0.3) is 0 Å². The van der Waals surface area contributed by atoms with Crippen molar-refractivity contribution < 1.29 is 8.95 Å². The molecule has 0 spiro atoms. The maximum Gasteiger partial charge on any atom is 0.166 e. The van der Waals surface area contributed by atoms with Crippen molar-refractivity contribution in [3.8, 4) is 22.9 Å². The third-order valence-electron chi connectivity index (χ3n) is 5.88. The second-order valence-corrected chi connectivity index (χ2v) is 10.2. The van der Waals surface area contributed by atoms with Gasteiger partial charge < -0.3 is 10.5 Å². The van der Waals surface area contributed by atoms with Crippen molar-refractivity contribution in [3.05, 3.63) is 53.0 Å². The lowest BCUT2D eigenvalue weighted by atomic mass is 10.0. The third kappa shape index (κ3) is 3.04. The van der Waals surface area contributed by atoms with Gasteiger partial charge in [-0.2, -0.15) is 10.4 Å². The van der Waals surface area contributed by atoms with E-state index in [1.807, 2.05) is 36.4 Å². The number of aromatic nitrogens is 3. The highest BCUT2D eigenvalue weighted by Crippen LogP contribution is 2.38. The van der Waals surface area contributed by atoms with Crippen LogP contribution in [0.3, 0.4) is 0 Å². The number of benzene rings is 1. The number of anilines is 1. The Bertz CT molecular complexity index is 1410. The van der Waals surface area contributed by atoms with Crippen LogP contribution in [0, 0.1) is 18.3 Å². The van der Waals surface area contributed by atoms with Crippen LogP contribution in [0.1, 0.15) is 35.5 Å². The van der Waals surface area contributed by atoms with Crippen molar-refractivity contribution in [1.29, 1.82) is 5.26 Å². The predicted octanol–water partition coefficient (Wildman–Crippen LogP) is 2.96. The van der Waals surface area contributed by atoms with E-state index in [1.54, 1.807) is 19.3 Å². The number of hydrogen-bond acceptors (Lipinski definition) is 7. The Morgan fingerprint density at radius 1 is 1.34 bits per heavy atom. The number of pyridine rings is 1. The zero-order valence-electron chi connectivity index (χ0n) is 18.1. The Labute approximate surface area is 186 Å². The smallest absolute Gasteiger partial charge is 0.166 e. The lowest BCUT2D eigenvalue weighted by Crippen LogP contribution is -2.29. The number of nitrogens with zero attached hydrogens (tertiary/aromatic N) is 6. The second-order valence-electron chi connectivity index (χ2n) is 8.03. The van der Waals surface area contributed by atoms with Gasteiger partial charge in [0, 0.05) is 36.5 Å². The molecule has 2 atom stereocenters. The SMILES string of the molecule is Cc1ccc2c(c1)[C@@H](C)Oc1cc(cnc1N)-c1c(nn(C)c1C#N)CN1CCN=S21=O. The quantitative estimate of drug-likeness (QED) is 0.563. The molecule has 5 rings (SSSR count). The fourth-order valence-electron chi connectivity index (χ4n) is 4.31. The molecule has 3 aromatic rings. The molecule has 9 nitrogen and oxygen atoms in total. The number of fused-ring (bicyclic) bond motifs is 7.